The fraction of sp³-hybridized carbons (Fsp3) is 0.533. The summed E-state index contributed by atoms with van der Waals surface area (Å²) < 4.78 is 48.2. The molecule has 2 aromatic rings. The molecule has 0 aromatic heterocycles. The maximum Gasteiger partial charge on any atom is 0.199 e. The molecule has 1 N–H and O–H groups in total. The first-order valence-electron chi connectivity index (χ1n) is 13.2. The van der Waals surface area contributed by atoms with E-state index in [-0.39, 0.29) is 4.90 Å². The fourth-order valence-corrected chi connectivity index (χ4v) is 5.13. The Kier molecular flexibility index (Phi) is 12.9. The van der Waals surface area contributed by atoms with Gasteiger partial charge in [-0.15, -0.1) is 0 Å². The standard InChI is InChI=1S/C30H44O7S/c1-7-36-25(4)37-30(5,29(31)18-20-38(32,33)28-16-10-23(2)11-17-28)19-8-9-24(3)21-35-22-26-12-14-27(34-6)15-13-26/h10-18,20,24-25,29,31H,7-9,19,21-22H2,1-6H3/b20-18+/t24?,25?,29-,30+/m1/s1. The average molecular weight is 549 g/mol. The molecular formula is C30H44O7S. The lowest BCUT2D eigenvalue weighted by Gasteiger charge is -2.36. The highest BCUT2D eigenvalue weighted by Crippen LogP contribution is 2.28. The summed E-state index contributed by atoms with van der Waals surface area (Å²) in [6, 6.07) is 14.4. The monoisotopic (exact) mass is 548 g/mol. The lowest BCUT2D eigenvalue weighted by molar-refractivity contribution is -0.220. The van der Waals surface area contributed by atoms with Crippen LogP contribution in [0.15, 0.2) is 64.9 Å². The number of methoxy groups -OCH3 is 1. The van der Waals surface area contributed by atoms with Crippen LogP contribution in [0.1, 0.15) is 58.1 Å². The van der Waals surface area contributed by atoms with E-state index >= 15 is 0 Å². The molecule has 0 saturated carbocycles. The molecule has 0 aliphatic heterocycles. The molecule has 0 aliphatic rings. The maximum atomic E-state index is 12.8. The zero-order chi connectivity index (χ0) is 28.2. The van der Waals surface area contributed by atoms with Gasteiger partial charge in [-0.05, 0) is 82.4 Å². The molecule has 2 rings (SSSR count). The third-order valence-electron chi connectivity index (χ3n) is 6.45. The molecule has 212 valence electrons. The molecule has 8 heteroatoms. The van der Waals surface area contributed by atoms with Crippen LogP contribution in [0.4, 0.5) is 0 Å². The van der Waals surface area contributed by atoms with Crippen LogP contribution in [-0.2, 0) is 30.7 Å². The number of rotatable bonds is 17. The number of aliphatic hydroxyl groups excluding tert-OH is 1. The zero-order valence-corrected chi connectivity index (χ0v) is 24.4. The van der Waals surface area contributed by atoms with Crippen molar-refractivity contribution in [2.45, 2.75) is 83.4 Å². The SMILES string of the molecule is CCOC(C)O[C@@](C)(CCCC(C)COCc1ccc(OC)cc1)[C@H](O)/C=C/S(=O)(=O)c1ccc(C)cc1. The summed E-state index contributed by atoms with van der Waals surface area (Å²) in [4.78, 5) is 0.181. The summed E-state index contributed by atoms with van der Waals surface area (Å²) in [7, 11) is -2.05. The second-order valence-electron chi connectivity index (χ2n) is 9.95. The van der Waals surface area contributed by atoms with Crippen LogP contribution in [0.5, 0.6) is 5.75 Å². The van der Waals surface area contributed by atoms with E-state index in [1.807, 2.05) is 38.1 Å². The Morgan fingerprint density at radius 2 is 1.71 bits per heavy atom. The number of aryl methyl sites for hydroxylation is 1. The van der Waals surface area contributed by atoms with Crippen LogP contribution in [0.25, 0.3) is 0 Å². The molecule has 38 heavy (non-hydrogen) atoms. The van der Waals surface area contributed by atoms with E-state index in [4.69, 9.17) is 18.9 Å². The van der Waals surface area contributed by atoms with Crippen molar-refractivity contribution < 1.29 is 32.5 Å². The minimum Gasteiger partial charge on any atom is -0.497 e. The second kappa shape index (κ2) is 15.4. The summed E-state index contributed by atoms with van der Waals surface area (Å²) >= 11 is 0. The average Bonchev–Trinajstić information content (AvgIpc) is 2.88. The molecule has 0 bridgehead atoms. The van der Waals surface area contributed by atoms with Crippen LogP contribution in [-0.4, -0.2) is 51.8 Å². The number of hydrogen-bond donors (Lipinski definition) is 1. The van der Waals surface area contributed by atoms with E-state index in [0.717, 1.165) is 35.1 Å². The Bertz CT molecular complexity index is 1080. The van der Waals surface area contributed by atoms with E-state index in [0.29, 0.717) is 32.2 Å². The van der Waals surface area contributed by atoms with Gasteiger partial charge in [0.1, 0.15) is 11.9 Å². The smallest absolute Gasteiger partial charge is 0.199 e. The highest BCUT2D eigenvalue weighted by atomic mass is 32.2. The predicted octanol–water partition coefficient (Wildman–Crippen LogP) is 5.83. The lowest BCUT2D eigenvalue weighted by Crippen LogP contribution is -2.44. The Balaban J connectivity index is 1.96. The normalized spacial score (nSPS) is 16.2. The highest BCUT2D eigenvalue weighted by Gasteiger charge is 2.34. The van der Waals surface area contributed by atoms with E-state index in [1.54, 1.807) is 45.2 Å². The number of ether oxygens (including phenoxy) is 4. The quantitative estimate of drug-likeness (QED) is 0.249. The highest BCUT2D eigenvalue weighted by molar-refractivity contribution is 7.94. The van der Waals surface area contributed by atoms with Gasteiger partial charge in [-0.2, -0.15) is 0 Å². The minimum atomic E-state index is -3.69. The van der Waals surface area contributed by atoms with Crippen LogP contribution < -0.4 is 4.74 Å². The summed E-state index contributed by atoms with van der Waals surface area (Å²) in [6.45, 7) is 11.1. The third kappa shape index (κ3) is 10.5. The third-order valence-corrected chi connectivity index (χ3v) is 7.90. The topological polar surface area (TPSA) is 91.3 Å². The van der Waals surface area contributed by atoms with Gasteiger partial charge in [0.2, 0.25) is 0 Å². The van der Waals surface area contributed by atoms with Crippen molar-refractivity contribution in [1.82, 2.24) is 0 Å². The number of aliphatic hydroxyl groups is 1. The molecule has 2 unspecified atom stereocenters. The summed E-state index contributed by atoms with van der Waals surface area (Å²) in [6.07, 6.45) is 1.75. The van der Waals surface area contributed by atoms with Crippen molar-refractivity contribution >= 4 is 9.84 Å². The van der Waals surface area contributed by atoms with Crippen LogP contribution in [0, 0.1) is 12.8 Å². The van der Waals surface area contributed by atoms with Gasteiger partial charge in [0.25, 0.3) is 0 Å². The fourth-order valence-electron chi connectivity index (χ4n) is 4.10. The Hall–Kier alpha value is -2.23. The lowest BCUT2D eigenvalue weighted by atomic mass is 9.90. The summed E-state index contributed by atoms with van der Waals surface area (Å²) in [5, 5.41) is 12.1. The van der Waals surface area contributed by atoms with E-state index in [1.165, 1.54) is 6.08 Å². The molecule has 0 saturated heterocycles. The molecule has 0 amide bonds. The molecule has 0 radical (unpaired) electrons. The number of benzene rings is 2. The first-order valence-corrected chi connectivity index (χ1v) is 14.7. The zero-order valence-electron chi connectivity index (χ0n) is 23.6. The first kappa shape index (κ1) is 32.0. The van der Waals surface area contributed by atoms with Gasteiger partial charge in [0.15, 0.2) is 16.1 Å². The number of sulfone groups is 1. The second-order valence-corrected chi connectivity index (χ2v) is 11.8. The molecule has 7 nitrogen and oxygen atoms in total. The number of hydrogen-bond acceptors (Lipinski definition) is 7. The predicted molar refractivity (Wildman–Crippen MR) is 150 cm³/mol. The van der Waals surface area contributed by atoms with Gasteiger partial charge >= 0.3 is 0 Å². The first-order chi connectivity index (χ1) is 18.0. The summed E-state index contributed by atoms with van der Waals surface area (Å²) in [5.41, 5.74) is 1.02. The van der Waals surface area contributed by atoms with Crippen molar-refractivity contribution in [2.75, 3.05) is 20.3 Å². The Labute approximate surface area is 228 Å². The van der Waals surface area contributed by atoms with Gasteiger partial charge in [-0.3, -0.25) is 0 Å². The van der Waals surface area contributed by atoms with Crippen LogP contribution in [0.2, 0.25) is 0 Å². The molecule has 2 aromatic carbocycles. The minimum absolute atomic E-state index is 0.181. The van der Waals surface area contributed by atoms with Gasteiger partial charge in [-0.1, -0.05) is 43.2 Å². The van der Waals surface area contributed by atoms with Crippen LogP contribution >= 0.6 is 0 Å². The van der Waals surface area contributed by atoms with Gasteiger partial charge in [-0.25, -0.2) is 8.42 Å². The summed E-state index contributed by atoms with van der Waals surface area (Å²) in [5.74, 6) is 1.12. The molecule has 0 heterocycles. The van der Waals surface area contributed by atoms with Crippen molar-refractivity contribution in [3.63, 3.8) is 0 Å². The molecule has 0 fully saturated rings. The van der Waals surface area contributed by atoms with E-state index < -0.39 is 27.8 Å². The van der Waals surface area contributed by atoms with Crippen molar-refractivity contribution in [1.29, 1.82) is 0 Å². The largest absolute Gasteiger partial charge is 0.497 e. The van der Waals surface area contributed by atoms with Crippen molar-refractivity contribution in [2.24, 2.45) is 5.92 Å². The van der Waals surface area contributed by atoms with E-state index in [9.17, 15) is 13.5 Å². The van der Waals surface area contributed by atoms with E-state index in [2.05, 4.69) is 6.92 Å². The van der Waals surface area contributed by atoms with Crippen molar-refractivity contribution in [3.05, 3.63) is 71.1 Å². The molecule has 0 aliphatic carbocycles. The molecule has 0 spiro atoms. The van der Waals surface area contributed by atoms with Crippen LogP contribution in [0.3, 0.4) is 0 Å². The van der Waals surface area contributed by atoms with Gasteiger partial charge < -0.3 is 24.1 Å². The molecular weight excluding hydrogens is 504 g/mol. The Morgan fingerprint density at radius 1 is 1.05 bits per heavy atom. The maximum absolute atomic E-state index is 12.8. The van der Waals surface area contributed by atoms with Crippen molar-refractivity contribution in [3.8, 4) is 5.75 Å². The van der Waals surface area contributed by atoms with Gasteiger partial charge in [0, 0.05) is 18.6 Å². The molecule has 4 atom stereocenters. The Morgan fingerprint density at radius 3 is 2.32 bits per heavy atom. The van der Waals surface area contributed by atoms with Gasteiger partial charge in [0.05, 0.1) is 24.2 Å².